The summed E-state index contributed by atoms with van der Waals surface area (Å²) in [6, 6.07) is 5.73. The Hall–Kier alpha value is -2.44. The van der Waals surface area contributed by atoms with E-state index in [1.54, 1.807) is 4.52 Å². The van der Waals surface area contributed by atoms with Gasteiger partial charge in [-0.05, 0) is 12.1 Å². The van der Waals surface area contributed by atoms with Crippen molar-refractivity contribution in [3.8, 4) is 0 Å². The van der Waals surface area contributed by atoms with Gasteiger partial charge in [0.2, 0.25) is 12.3 Å². The van der Waals surface area contributed by atoms with Crippen molar-refractivity contribution in [2.75, 3.05) is 11.9 Å². The first-order valence-electron chi connectivity index (χ1n) is 5.22. The lowest BCUT2D eigenvalue weighted by atomic mass is 10.4. The Balaban J connectivity index is 1.65. The minimum atomic E-state index is 0.597. The van der Waals surface area contributed by atoms with E-state index in [2.05, 4.69) is 30.1 Å². The molecule has 0 saturated heterocycles. The molecule has 17 heavy (non-hydrogen) atoms. The van der Waals surface area contributed by atoms with E-state index in [9.17, 15) is 0 Å². The Bertz CT molecular complexity index is 569. The monoisotopic (exact) mass is 230 g/mol. The molecule has 0 spiro atoms. The van der Waals surface area contributed by atoms with Gasteiger partial charge in [0.05, 0.1) is 0 Å². The van der Waals surface area contributed by atoms with E-state index in [1.165, 1.54) is 6.39 Å². The third-order valence-corrected chi connectivity index (χ3v) is 2.28. The van der Waals surface area contributed by atoms with E-state index in [0.717, 1.165) is 5.65 Å². The molecular weight excluding hydrogens is 220 g/mol. The predicted molar refractivity (Wildman–Crippen MR) is 59.5 cm³/mol. The SMILES string of the molecule is c1ccn2nc(NCCc3ncon3)nc2c1. The molecule has 0 fully saturated rings. The summed E-state index contributed by atoms with van der Waals surface area (Å²) in [4.78, 5) is 8.23. The molecule has 3 aromatic rings. The van der Waals surface area contributed by atoms with Crippen molar-refractivity contribution < 1.29 is 4.52 Å². The molecule has 0 bridgehead atoms. The number of rotatable bonds is 4. The Morgan fingerprint density at radius 1 is 1.35 bits per heavy atom. The molecule has 7 heteroatoms. The molecule has 3 heterocycles. The molecule has 0 aliphatic heterocycles. The fourth-order valence-electron chi connectivity index (χ4n) is 1.50. The molecule has 0 unspecified atom stereocenters. The highest BCUT2D eigenvalue weighted by Gasteiger charge is 2.02. The van der Waals surface area contributed by atoms with Gasteiger partial charge in [0.1, 0.15) is 0 Å². The topological polar surface area (TPSA) is 81.1 Å². The Labute approximate surface area is 96.5 Å². The number of pyridine rings is 1. The lowest BCUT2D eigenvalue weighted by molar-refractivity contribution is 0.410. The van der Waals surface area contributed by atoms with Gasteiger partial charge in [0, 0.05) is 19.2 Å². The zero-order chi connectivity index (χ0) is 11.5. The van der Waals surface area contributed by atoms with Gasteiger partial charge in [0.25, 0.3) is 0 Å². The van der Waals surface area contributed by atoms with Gasteiger partial charge in [-0.1, -0.05) is 11.2 Å². The minimum absolute atomic E-state index is 0.597. The Morgan fingerprint density at radius 2 is 2.35 bits per heavy atom. The van der Waals surface area contributed by atoms with Crippen LogP contribution in [-0.2, 0) is 6.42 Å². The van der Waals surface area contributed by atoms with Crippen molar-refractivity contribution in [3.05, 3.63) is 36.6 Å². The van der Waals surface area contributed by atoms with Crippen molar-refractivity contribution in [1.82, 2.24) is 24.7 Å². The first-order valence-corrected chi connectivity index (χ1v) is 5.22. The van der Waals surface area contributed by atoms with E-state index in [1.807, 2.05) is 24.4 Å². The maximum absolute atomic E-state index is 4.64. The van der Waals surface area contributed by atoms with E-state index >= 15 is 0 Å². The standard InChI is InChI=1S/C10H10N6O/c1-2-6-16-9(3-1)13-10(14-16)11-5-4-8-12-7-17-15-8/h1-3,6-7H,4-5H2,(H,11,14). The van der Waals surface area contributed by atoms with Crippen LogP contribution in [0.25, 0.3) is 5.65 Å². The van der Waals surface area contributed by atoms with Gasteiger partial charge in [-0.2, -0.15) is 9.97 Å². The molecule has 0 aromatic carbocycles. The van der Waals surface area contributed by atoms with Gasteiger partial charge in [-0.3, -0.25) is 0 Å². The number of aromatic nitrogens is 5. The van der Waals surface area contributed by atoms with E-state index in [0.29, 0.717) is 24.7 Å². The molecule has 3 rings (SSSR count). The highest BCUT2D eigenvalue weighted by molar-refractivity contribution is 5.42. The molecule has 0 radical (unpaired) electrons. The molecular formula is C10H10N6O. The van der Waals surface area contributed by atoms with Crippen LogP contribution in [0.3, 0.4) is 0 Å². The predicted octanol–water partition coefficient (Wildman–Crippen LogP) is 0.767. The maximum Gasteiger partial charge on any atom is 0.243 e. The van der Waals surface area contributed by atoms with Gasteiger partial charge in [0.15, 0.2) is 11.5 Å². The summed E-state index contributed by atoms with van der Waals surface area (Å²) in [5.74, 6) is 1.26. The molecule has 3 aromatic heterocycles. The van der Waals surface area contributed by atoms with Gasteiger partial charge in [-0.15, -0.1) is 5.10 Å². The van der Waals surface area contributed by atoms with Crippen LogP contribution >= 0.6 is 0 Å². The largest absolute Gasteiger partial charge is 0.352 e. The molecule has 7 nitrogen and oxygen atoms in total. The number of nitrogens with one attached hydrogen (secondary N) is 1. The van der Waals surface area contributed by atoms with Crippen LogP contribution in [0.2, 0.25) is 0 Å². The number of nitrogens with zero attached hydrogens (tertiary/aromatic N) is 5. The van der Waals surface area contributed by atoms with Gasteiger partial charge < -0.3 is 9.84 Å². The fraction of sp³-hybridized carbons (Fsp3) is 0.200. The second kappa shape index (κ2) is 4.20. The van der Waals surface area contributed by atoms with Crippen LogP contribution in [-0.4, -0.2) is 31.3 Å². The smallest absolute Gasteiger partial charge is 0.243 e. The van der Waals surface area contributed by atoms with Crippen molar-refractivity contribution in [2.45, 2.75) is 6.42 Å². The summed E-state index contributed by atoms with van der Waals surface area (Å²) in [6.07, 6.45) is 3.84. The van der Waals surface area contributed by atoms with Crippen molar-refractivity contribution in [3.63, 3.8) is 0 Å². The summed E-state index contributed by atoms with van der Waals surface area (Å²) in [7, 11) is 0. The molecule has 0 aliphatic rings. The first kappa shape index (κ1) is 9.76. The highest BCUT2D eigenvalue weighted by Crippen LogP contribution is 2.04. The van der Waals surface area contributed by atoms with Gasteiger partial charge in [-0.25, -0.2) is 4.52 Å². The molecule has 1 N–H and O–H groups in total. The minimum Gasteiger partial charge on any atom is -0.352 e. The van der Waals surface area contributed by atoms with Crippen LogP contribution in [0.15, 0.2) is 35.3 Å². The van der Waals surface area contributed by atoms with Crippen LogP contribution in [0.5, 0.6) is 0 Å². The lowest BCUT2D eigenvalue weighted by Gasteiger charge is -1.96. The first-order chi connectivity index (χ1) is 8.42. The van der Waals surface area contributed by atoms with Crippen LogP contribution in [0, 0.1) is 0 Å². The Morgan fingerprint density at radius 3 is 3.18 bits per heavy atom. The molecule has 0 saturated carbocycles. The second-order valence-corrected chi connectivity index (χ2v) is 3.46. The van der Waals surface area contributed by atoms with E-state index in [-0.39, 0.29) is 0 Å². The van der Waals surface area contributed by atoms with Crippen molar-refractivity contribution >= 4 is 11.6 Å². The number of anilines is 1. The van der Waals surface area contributed by atoms with Crippen molar-refractivity contribution in [2.24, 2.45) is 0 Å². The molecule has 0 amide bonds. The molecule has 0 atom stereocenters. The third kappa shape index (κ3) is 2.07. The second-order valence-electron chi connectivity index (χ2n) is 3.46. The summed E-state index contributed by atoms with van der Waals surface area (Å²) < 4.78 is 6.36. The average Bonchev–Trinajstić information content (AvgIpc) is 2.96. The summed E-state index contributed by atoms with van der Waals surface area (Å²) in [5.41, 5.74) is 0.814. The summed E-state index contributed by atoms with van der Waals surface area (Å²) in [6.45, 7) is 0.663. The number of hydrogen-bond donors (Lipinski definition) is 1. The average molecular weight is 230 g/mol. The van der Waals surface area contributed by atoms with E-state index < -0.39 is 0 Å². The quantitative estimate of drug-likeness (QED) is 0.712. The molecule has 0 aliphatic carbocycles. The lowest BCUT2D eigenvalue weighted by Crippen LogP contribution is -2.07. The van der Waals surface area contributed by atoms with E-state index in [4.69, 9.17) is 0 Å². The van der Waals surface area contributed by atoms with Crippen LogP contribution in [0.4, 0.5) is 5.95 Å². The van der Waals surface area contributed by atoms with Gasteiger partial charge >= 0.3 is 0 Å². The van der Waals surface area contributed by atoms with Crippen LogP contribution < -0.4 is 5.32 Å². The summed E-state index contributed by atoms with van der Waals surface area (Å²) >= 11 is 0. The fourth-order valence-corrected chi connectivity index (χ4v) is 1.50. The maximum atomic E-state index is 4.64. The third-order valence-electron chi connectivity index (χ3n) is 2.28. The number of fused-ring (bicyclic) bond motifs is 1. The van der Waals surface area contributed by atoms with Crippen molar-refractivity contribution in [1.29, 1.82) is 0 Å². The zero-order valence-corrected chi connectivity index (χ0v) is 8.95. The Kier molecular flexibility index (Phi) is 2.41. The molecule has 86 valence electrons. The highest BCUT2D eigenvalue weighted by atomic mass is 16.5. The zero-order valence-electron chi connectivity index (χ0n) is 8.95. The normalized spacial score (nSPS) is 10.8. The van der Waals surface area contributed by atoms with Crippen LogP contribution in [0.1, 0.15) is 5.82 Å². The summed E-state index contributed by atoms with van der Waals surface area (Å²) in [5, 5.41) is 11.1. The number of hydrogen-bond acceptors (Lipinski definition) is 6.